The average molecular weight is 252 g/mol. The number of halogens is 3. The Kier molecular flexibility index (Phi) is 4.47. The van der Waals surface area contributed by atoms with E-state index in [9.17, 15) is 13.2 Å². The molecule has 0 fully saturated rings. The molecule has 1 aromatic heterocycles. The van der Waals surface area contributed by atoms with E-state index in [0.29, 0.717) is 12.8 Å². The minimum atomic E-state index is -4.51. The molecule has 0 spiro atoms. The Hall–Kier alpha value is -1.15. The number of aryl methyl sites for hydroxylation is 1. The highest BCUT2D eigenvalue weighted by Gasteiger charge is 2.38. The maximum Gasteiger partial charge on any atom is 0.434 e. The number of rotatable bonds is 5. The fourth-order valence-electron chi connectivity index (χ4n) is 1.49. The van der Waals surface area contributed by atoms with Gasteiger partial charge in [0.1, 0.15) is 5.69 Å². The summed E-state index contributed by atoms with van der Waals surface area (Å²) in [5, 5.41) is 15.9. The molecule has 0 bridgehead atoms. The first-order valence-electron chi connectivity index (χ1n) is 5.24. The van der Waals surface area contributed by atoms with Crippen molar-refractivity contribution in [3.8, 4) is 0 Å². The third-order valence-corrected chi connectivity index (χ3v) is 2.26. The molecule has 5 nitrogen and oxygen atoms in total. The highest BCUT2D eigenvalue weighted by molar-refractivity contribution is 5.13. The fourth-order valence-corrected chi connectivity index (χ4v) is 1.49. The van der Waals surface area contributed by atoms with Crippen LogP contribution in [0, 0.1) is 0 Å². The first-order chi connectivity index (χ1) is 7.86. The molecule has 0 saturated heterocycles. The summed E-state index contributed by atoms with van der Waals surface area (Å²) in [6.07, 6.45) is -4.24. The summed E-state index contributed by atoms with van der Waals surface area (Å²) in [4.78, 5) is 0. The molecule has 1 rings (SSSR count). The molecular formula is C9H15F3N4O. The molecule has 3 N–H and O–H groups in total. The number of alkyl halides is 3. The van der Waals surface area contributed by atoms with Crippen molar-refractivity contribution in [2.75, 3.05) is 0 Å². The number of nitrogens with two attached hydrogens (primary N) is 1. The highest BCUT2D eigenvalue weighted by atomic mass is 19.4. The van der Waals surface area contributed by atoms with Crippen molar-refractivity contribution in [3.05, 3.63) is 11.4 Å². The van der Waals surface area contributed by atoms with E-state index in [1.165, 1.54) is 0 Å². The van der Waals surface area contributed by atoms with E-state index < -0.39 is 18.0 Å². The molecule has 0 aliphatic rings. The largest absolute Gasteiger partial charge is 0.434 e. The van der Waals surface area contributed by atoms with Gasteiger partial charge in [-0.2, -0.15) is 13.2 Å². The van der Waals surface area contributed by atoms with Gasteiger partial charge in [0.05, 0.1) is 6.10 Å². The predicted octanol–water partition coefficient (Wildman–Crippen LogP) is 0.917. The maximum absolute atomic E-state index is 12.7. The Bertz CT molecular complexity index is 362. The molecular weight excluding hydrogens is 237 g/mol. The lowest BCUT2D eigenvalue weighted by molar-refractivity contribution is -0.144. The van der Waals surface area contributed by atoms with Crippen molar-refractivity contribution in [3.63, 3.8) is 0 Å². The molecule has 1 heterocycles. The van der Waals surface area contributed by atoms with Crippen LogP contribution < -0.4 is 5.73 Å². The van der Waals surface area contributed by atoms with Crippen LogP contribution in [-0.2, 0) is 19.3 Å². The Morgan fingerprint density at radius 1 is 1.47 bits per heavy atom. The van der Waals surface area contributed by atoms with Crippen LogP contribution in [0.2, 0.25) is 0 Å². The second-order valence-electron chi connectivity index (χ2n) is 3.80. The number of aliphatic hydroxyl groups excluding tert-OH is 1. The number of aliphatic hydroxyl groups is 1. The second kappa shape index (κ2) is 5.46. The van der Waals surface area contributed by atoms with Gasteiger partial charge in [0.2, 0.25) is 0 Å². The Morgan fingerprint density at radius 3 is 2.59 bits per heavy atom. The van der Waals surface area contributed by atoms with Crippen LogP contribution in [0.15, 0.2) is 0 Å². The Labute approximate surface area is 96.4 Å². The fraction of sp³-hybridized carbons (Fsp3) is 0.778. The lowest BCUT2D eigenvalue weighted by atomic mass is 10.2. The molecule has 0 radical (unpaired) electrons. The number of hydrogen-bond donors (Lipinski definition) is 2. The molecule has 1 atom stereocenters. The number of aromatic nitrogens is 3. The molecule has 98 valence electrons. The van der Waals surface area contributed by atoms with Gasteiger partial charge in [0.15, 0.2) is 5.69 Å². The summed E-state index contributed by atoms with van der Waals surface area (Å²) in [5.74, 6) is 0. The number of nitrogens with zero attached hydrogens (tertiary/aromatic N) is 3. The molecule has 17 heavy (non-hydrogen) atoms. The SMILES string of the molecule is CC(O)CCCn1nnc(CN)c1C(F)(F)F. The predicted molar refractivity (Wildman–Crippen MR) is 53.8 cm³/mol. The minimum Gasteiger partial charge on any atom is -0.393 e. The van der Waals surface area contributed by atoms with Crippen LogP contribution in [0.25, 0.3) is 0 Å². The topological polar surface area (TPSA) is 77.0 Å². The van der Waals surface area contributed by atoms with Gasteiger partial charge in [-0.3, -0.25) is 0 Å². The summed E-state index contributed by atoms with van der Waals surface area (Å²) >= 11 is 0. The molecule has 1 aromatic rings. The average Bonchev–Trinajstić information content (AvgIpc) is 2.59. The Morgan fingerprint density at radius 2 is 2.12 bits per heavy atom. The van der Waals surface area contributed by atoms with Crippen LogP contribution in [-0.4, -0.2) is 26.2 Å². The Balaban J connectivity index is 2.82. The normalized spacial score (nSPS) is 14.0. The van der Waals surface area contributed by atoms with Crippen molar-refractivity contribution in [1.29, 1.82) is 0 Å². The van der Waals surface area contributed by atoms with Gasteiger partial charge in [-0.1, -0.05) is 5.21 Å². The van der Waals surface area contributed by atoms with Crippen molar-refractivity contribution in [2.24, 2.45) is 5.73 Å². The third-order valence-electron chi connectivity index (χ3n) is 2.26. The summed E-state index contributed by atoms with van der Waals surface area (Å²) in [6, 6.07) is 0. The van der Waals surface area contributed by atoms with Crippen LogP contribution >= 0.6 is 0 Å². The van der Waals surface area contributed by atoms with E-state index in [1.807, 2.05) is 0 Å². The van der Waals surface area contributed by atoms with Gasteiger partial charge in [-0.25, -0.2) is 4.68 Å². The van der Waals surface area contributed by atoms with E-state index in [0.717, 1.165) is 4.68 Å². The monoisotopic (exact) mass is 252 g/mol. The van der Waals surface area contributed by atoms with E-state index >= 15 is 0 Å². The van der Waals surface area contributed by atoms with E-state index in [4.69, 9.17) is 10.8 Å². The molecule has 0 aliphatic carbocycles. The smallest absolute Gasteiger partial charge is 0.393 e. The van der Waals surface area contributed by atoms with Crippen molar-refractivity contribution >= 4 is 0 Å². The van der Waals surface area contributed by atoms with Gasteiger partial charge < -0.3 is 10.8 Å². The maximum atomic E-state index is 12.7. The van der Waals surface area contributed by atoms with Gasteiger partial charge in [0.25, 0.3) is 0 Å². The summed E-state index contributed by atoms with van der Waals surface area (Å²) in [7, 11) is 0. The van der Waals surface area contributed by atoms with Crippen molar-refractivity contribution in [1.82, 2.24) is 15.0 Å². The summed E-state index contributed by atoms with van der Waals surface area (Å²) < 4.78 is 38.9. The minimum absolute atomic E-state index is 0.0622. The van der Waals surface area contributed by atoms with E-state index in [2.05, 4.69) is 10.3 Å². The zero-order chi connectivity index (χ0) is 13.1. The second-order valence-corrected chi connectivity index (χ2v) is 3.80. The molecule has 0 amide bonds. The van der Waals surface area contributed by atoms with Crippen molar-refractivity contribution < 1.29 is 18.3 Å². The zero-order valence-electron chi connectivity index (χ0n) is 9.41. The van der Waals surface area contributed by atoms with E-state index in [1.54, 1.807) is 6.92 Å². The van der Waals surface area contributed by atoms with Gasteiger partial charge in [0, 0.05) is 13.1 Å². The van der Waals surface area contributed by atoms with Crippen molar-refractivity contribution in [2.45, 2.75) is 45.1 Å². The first-order valence-corrected chi connectivity index (χ1v) is 5.24. The lowest BCUT2D eigenvalue weighted by Gasteiger charge is -2.11. The van der Waals surface area contributed by atoms with Crippen LogP contribution in [0.5, 0.6) is 0 Å². The summed E-state index contributed by atoms with van der Waals surface area (Å²) in [5.41, 5.74) is 4.03. The van der Waals surface area contributed by atoms with Gasteiger partial charge in [-0.05, 0) is 19.8 Å². The van der Waals surface area contributed by atoms with E-state index in [-0.39, 0.29) is 18.8 Å². The summed E-state index contributed by atoms with van der Waals surface area (Å²) in [6.45, 7) is 1.34. The molecule has 8 heteroatoms. The molecule has 0 saturated carbocycles. The molecule has 0 aromatic carbocycles. The third kappa shape index (κ3) is 3.67. The van der Waals surface area contributed by atoms with Crippen LogP contribution in [0.1, 0.15) is 31.2 Å². The van der Waals surface area contributed by atoms with Crippen LogP contribution in [0.3, 0.4) is 0 Å². The van der Waals surface area contributed by atoms with Gasteiger partial charge >= 0.3 is 6.18 Å². The lowest BCUT2D eigenvalue weighted by Crippen LogP contribution is -2.18. The van der Waals surface area contributed by atoms with Crippen LogP contribution in [0.4, 0.5) is 13.2 Å². The van der Waals surface area contributed by atoms with Gasteiger partial charge in [-0.15, -0.1) is 5.10 Å². The molecule has 0 aliphatic heterocycles. The highest BCUT2D eigenvalue weighted by Crippen LogP contribution is 2.31. The zero-order valence-corrected chi connectivity index (χ0v) is 9.41. The quantitative estimate of drug-likeness (QED) is 0.816. The molecule has 1 unspecified atom stereocenters. The first kappa shape index (κ1) is 13.9. The standard InChI is InChI=1S/C9H15F3N4O/c1-6(17)3-2-4-16-8(9(10,11)12)7(5-13)14-15-16/h6,17H,2-5,13H2,1H3. The number of hydrogen-bond acceptors (Lipinski definition) is 4.